The van der Waals surface area contributed by atoms with Crippen molar-refractivity contribution >= 4 is 23.4 Å². The number of hydrogen-bond acceptors (Lipinski definition) is 4. The molecule has 0 unspecified atom stereocenters. The van der Waals surface area contributed by atoms with E-state index in [1.54, 1.807) is 6.42 Å². The number of nitrogens with two attached hydrogens (primary N) is 1. The summed E-state index contributed by atoms with van der Waals surface area (Å²) in [4.78, 5) is 30.8. The van der Waals surface area contributed by atoms with Crippen molar-refractivity contribution in [2.75, 3.05) is 45.8 Å². The second kappa shape index (κ2) is 10.6. The van der Waals surface area contributed by atoms with E-state index in [9.17, 15) is 9.59 Å². The van der Waals surface area contributed by atoms with Gasteiger partial charge in [0.1, 0.15) is 0 Å². The predicted octanol–water partition coefficient (Wildman–Crippen LogP) is 2.35. The van der Waals surface area contributed by atoms with E-state index < -0.39 is 0 Å². The molecule has 1 saturated heterocycles. The van der Waals surface area contributed by atoms with Crippen LogP contribution in [0.1, 0.15) is 38.2 Å². The lowest BCUT2D eigenvalue weighted by Gasteiger charge is -2.48. The summed E-state index contributed by atoms with van der Waals surface area (Å²) in [7, 11) is 0. The third-order valence-electron chi connectivity index (χ3n) is 6.57. The van der Waals surface area contributed by atoms with Crippen LogP contribution in [0, 0.1) is 6.42 Å². The second-order valence-corrected chi connectivity index (χ2v) is 8.98. The van der Waals surface area contributed by atoms with Gasteiger partial charge in [-0.15, -0.1) is 0 Å². The first kappa shape index (κ1) is 23.0. The maximum atomic E-state index is 12.7. The summed E-state index contributed by atoms with van der Waals surface area (Å²) in [6.07, 6.45) is 7.15. The monoisotopic (exact) mass is 433 g/mol. The first-order chi connectivity index (χ1) is 14.4. The number of carbonyl (C=O) groups excluding carboxylic acids is 2. The Labute approximate surface area is 185 Å². The zero-order valence-corrected chi connectivity index (χ0v) is 18.7. The van der Waals surface area contributed by atoms with Gasteiger partial charge in [0.2, 0.25) is 11.8 Å². The van der Waals surface area contributed by atoms with E-state index in [2.05, 4.69) is 16.7 Å². The van der Waals surface area contributed by atoms with Gasteiger partial charge < -0.3 is 10.6 Å². The minimum Gasteiger partial charge on any atom is -0.369 e. The van der Waals surface area contributed by atoms with E-state index >= 15 is 0 Å². The first-order valence-corrected chi connectivity index (χ1v) is 11.4. The molecular formula is C23H34ClN4O2. The van der Waals surface area contributed by atoms with E-state index in [1.807, 2.05) is 29.2 Å². The van der Waals surface area contributed by atoms with Crippen LogP contribution in [-0.2, 0) is 16.0 Å². The van der Waals surface area contributed by atoms with E-state index in [0.29, 0.717) is 18.0 Å². The fourth-order valence-corrected chi connectivity index (χ4v) is 5.01. The van der Waals surface area contributed by atoms with Crippen molar-refractivity contribution in [3.05, 3.63) is 41.3 Å². The predicted molar refractivity (Wildman–Crippen MR) is 120 cm³/mol. The summed E-state index contributed by atoms with van der Waals surface area (Å²) in [6, 6.07) is 7.62. The van der Waals surface area contributed by atoms with Crippen LogP contribution in [0.25, 0.3) is 0 Å². The summed E-state index contributed by atoms with van der Waals surface area (Å²) in [6.45, 7) is 7.36. The number of halogens is 1. The molecule has 2 fully saturated rings. The van der Waals surface area contributed by atoms with Crippen molar-refractivity contribution in [1.29, 1.82) is 0 Å². The number of benzene rings is 1. The van der Waals surface area contributed by atoms with Crippen molar-refractivity contribution in [3.63, 3.8) is 0 Å². The fraction of sp³-hybridized carbons (Fsp3) is 0.609. The number of hydrogen-bond donors (Lipinski definition) is 1. The lowest BCUT2D eigenvalue weighted by atomic mass is 9.93. The summed E-state index contributed by atoms with van der Waals surface area (Å²) >= 11 is 5.92. The standard InChI is InChI=1S/C23H34ClN4O2/c1-2-26(17-21(25)29)18-23(11-3-4-12-23)28-15-13-27(14-16-28)22(30)10-7-19-5-8-20(24)9-6-19/h5-6,8-10H,2-4,7,11-18H2,1H3,(H2,25,29). The van der Waals surface area contributed by atoms with Crippen molar-refractivity contribution in [1.82, 2.24) is 14.7 Å². The van der Waals surface area contributed by atoms with Crippen LogP contribution in [-0.4, -0.2) is 77.9 Å². The van der Waals surface area contributed by atoms with Gasteiger partial charge in [-0.1, -0.05) is 43.5 Å². The molecule has 0 bridgehead atoms. The molecule has 6 nitrogen and oxygen atoms in total. The van der Waals surface area contributed by atoms with Crippen LogP contribution >= 0.6 is 11.6 Å². The fourth-order valence-electron chi connectivity index (χ4n) is 4.88. The highest BCUT2D eigenvalue weighted by Crippen LogP contribution is 2.36. The Balaban J connectivity index is 1.52. The van der Waals surface area contributed by atoms with Gasteiger partial charge in [0.05, 0.1) is 13.0 Å². The molecule has 1 aromatic rings. The van der Waals surface area contributed by atoms with Gasteiger partial charge in [0.25, 0.3) is 0 Å². The van der Waals surface area contributed by atoms with Gasteiger partial charge >= 0.3 is 0 Å². The second-order valence-electron chi connectivity index (χ2n) is 8.55. The number of piperazine rings is 1. The van der Waals surface area contributed by atoms with Gasteiger partial charge in [0, 0.05) is 43.3 Å². The summed E-state index contributed by atoms with van der Waals surface area (Å²) in [5.41, 5.74) is 6.64. The van der Waals surface area contributed by atoms with Crippen LogP contribution in [0.4, 0.5) is 0 Å². The van der Waals surface area contributed by atoms with E-state index in [4.69, 9.17) is 17.3 Å². The molecule has 0 aromatic heterocycles. The molecule has 1 aromatic carbocycles. The van der Waals surface area contributed by atoms with Crippen molar-refractivity contribution in [2.45, 2.75) is 44.6 Å². The molecule has 30 heavy (non-hydrogen) atoms. The molecule has 2 N–H and O–H groups in total. The number of primary amides is 1. The Bertz CT molecular complexity index is 710. The first-order valence-electron chi connectivity index (χ1n) is 11.0. The van der Waals surface area contributed by atoms with Gasteiger partial charge in [-0.25, -0.2) is 0 Å². The van der Waals surface area contributed by atoms with Crippen LogP contribution in [0.2, 0.25) is 5.02 Å². The number of likely N-dealkylation sites (N-methyl/N-ethyl adjacent to an activating group) is 1. The minimum absolute atomic E-state index is 0.105. The smallest absolute Gasteiger partial charge is 0.231 e. The molecule has 1 aliphatic heterocycles. The molecule has 3 rings (SSSR count). The van der Waals surface area contributed by atoms with Crippen molar-refractivity contribution in [2.24, 2.45) is 5.73 Å². The molecule has 2 aliphatic rings. The number of carbonyl (C=O) groups is 2. The Morgan fingerprint density at radius 1 is 1.13 bits per heavy atom. The quantitative estimate of drug-likeness (QED) is 0.649. The zero-order valence-electron chi connectivity index (χ0n) is 18.0. The van der Waals surface area contributed by atoms with E-state index in [0.717, 1.165) is 57.7 Å². The molecule has 2 amide bonds. The van der Waals surface area contributed by atoms with E-state index in [-0.39, 0.29) is 17.4 Å². The maximum Gasteiger partial charge on any atom is 0.231 e. The lowest BCUT2D eigenvalue weighted by Crippen LogP contribution is -2.61. The Kier molecular flexibility index (Phi) is 8.14. The normalized spacial score (nSPS) is 19.4. The SMILES string of the molecule is CCN(CC(N)=O)CC1(N2CCN(C(=O)[CH]Cc3ccc(Cl)cc3)CC2)CCCC1. The molecule has 1 saturated carbocycles. The highest BCUT2D eigenvalue weighted by Gasteiger charge is 2.42. The summed E-state index contributed by atoms with van der Waals surface area (Å²) in [5, 5.41) is 0.708. The average Bonchev–Trinajstić information content (AvgIpc) is 3.22. The van der Waals surface area contributed by atoms with E-state index in [1.165, 1.54) is 12.8 Å². The Morgan fingerprint density at radius 3 is 2.33 bits per heavy atom. The average molecular weight is 434 g/mol. The molecule has 1 aliphatic carbocycles. The third-order valence-corrected chi connectivity index (χ3v) is 6.82. The van der Waals surface area contributed by atoms with Gasteiger partial charge in [-0.05, 0) is 43.5 Å². The largest absolute Gasteiger partial charge is 0.369 e. The van der Waals surface area contributed by atoms with Crippen LogP contribution in [0.15, 0.2) is 24.3 Å². The Hall–Kier alpha value is -1.63. The zero-order chi connectivity index (χ0) is 21.6. The minimum atomic E-state index is -0.267. The van der Waals surface area contributed by atoms with Crippen molar-refractivity contribution < 1.29 is 9.59 Å². The summed E-state index contributed by atoms with van der Waals surface area (Å²) < 4.78 is 0. The van der Waals surface area contributed by atoms with Crippen LogP contribution < -0.4 is 5.73 Å². The highest BCUT2D eigenvalue weighted by atomic mass is 35.5. The topological polar surface area (TPSA) is 69.9 Å². The lowest BCUT2D eigenvalue weighted by molar-refractivity contribution is -0.131. The van der Waals surface area contributed by atoms with Crippen LogP contribution in [0.5, 0.6) is 0 Å². The molecular weight excluding hydrogens is 400 g/mol. The number of nitrogens with zero attached hydrogens (tertiary/aromatic N) is 3. The van der Waals surface area contributed by atoms with Crippen LogP contribution in [0.3, 0.4) is 0 Å². The van der Waals surface area contributed by atoms with Gasteiger partial charge in [-0.3, -0.25) is 19.4 Å². The molecule has 0 spiro atoms. The maximum absolute atomic E-state index is 12.7. The molecule has 7 heteroatoms. The number of rotatable bonds is 9. The molecule has 0 atom stereocenters. The van der Waals surface area contributed by atoms with Crippen molar-refractivity contribution in [3.8, 4) is 0 Å². The van der Waals surface area contributed by atoms with Gasteiger partial charge in [-0.2, -0.15) is 0 Å². The molecule has 165 valence electrons. The molecule has 1 heterocycles. The third kappa shape index (κ3) is 5.96. The highest BCUT2D eigenvalue weighted by molar-refractivity contribution is 6.30. The molecule has 1 radical (unpaired) electrons. The van der Waals surface area contributed by atoms with Gasteiger partial charge in [0.15, 0.2) is 0 Å². The summed E-state index contributed by atoms with van der Waals surface area (Å²) in [5.74, 6) is -0.161. The number of amides is 2. The Morgan fingerprint density at radius 2 is 1.77 bits per heavy atom.